The molecule has 5 heteroatoms. The number of anilines is 1. The van der Waals surface area contributed by atoms with Crippen LogP contribution in [0.15, 0.2) is 58.9 Å². The minimum atomic E-state index is 0.832. The lowest BCUT2D eigenvalue weighted by Gasteiger charge is -2.28. The van der Waals surface area contributed by atoms with Crippen LogP contribution in [0.5, 0.6) is 0 Å². The number of nitrogens with zero attached hydrogens (tertiary/aromatic N) is 4. The number of hydrogen-bond acceptors (Lipinski definition) is 4. The van der Waals surface area contributed by atoms with Gasteiger partial charge < -0.3 is 4.90 Å². The number of benzene rings is 2. The summed E-state index contributed by atoms with van der Waals surface area (Å²) in [5.41, 5.74) is 4.00. The topological polar surface area (TPSA) is 56.6 Å². The Morgan fingerprint density at radius 2 is 1.61 bits per heavy atom. The summed E-state index contributed by atoms with van der Waals surface area (Å²) < 4.78 is 0. The molecule has 1 aliphatic heterocycles. The van der Waals surface area contributed by atoms with Gasteiger partial charge in [0.05, 0.1) is 23.1 Å². The number of hydrogen-bond donors (Lipinski definition) is 1. The van der Waals surface area contributed by atoms with E-state index in [-0.39, 0.29) is 0 Å². The van der Waals surface area contributed by atoms with Gasteiger partial charge in [-0.2, -0.15) is 15.3 Å². The normalized spacial score (nSPS) is 15.6. The standard InChI is InChI=1S/C18H19N5/c1-2-10-23(11-3-1)17-7-4-15(5-8-17)20-21-16-6-9-18-14(12-16)13-19-22-18/h4-9,12-13H,1-3,10-11H2,(H,19,22). The third kappa shape index (κ3) is 3.08. The Morgan fingerprint density at radius 1 is 0.870 bits per heavy atom. The summed E-state index contributed by atoms with van der Waals surface area (Å²) in [4.78, 5) is 2.44. The number of aromatic amines is 1. The van der Waals surface area contributed by atoms with Crippen molar-refractivity contribution in [3.63, 3.8) is 0 Å². The highest BCUT2D eigenvalue weighted by molar-refractivity contribution is 5.80. The lowest BCUT2D eigenvalue weighted by atomic mass is 10.1. The van der Waals surface area contributed by atoms with Crippen LogP contribution in [0.25, 0.3) is 10.9 Å². The number of fused-ring (bicyclic) bond motifs is 1. The van der Waals surface area contributed by atoms with Crippen molar-refractivity contribution in [3.8, 4) is 0 Å². The van der Waals surface area contributed by atoms with Crippen molar-refractivity contribution in [1.82, 2.24) is 10.2 Å². The summed E-state index contributed by atoms with van der Waals surface area (Å²) >= 11 is 0. The maximum Gasteiger partial charge on any atom is 0.0865 e. The number of piperidine rings is 1. The largest absolute Gasteiger partial charge is 0.372 e. The minimum Gasteiger partial charge on any atom is -0.372 e. The van der Waals surface area contributed by atoms with Crippen LogP contribution in [0.4, 0.5) is 17.1 Å². The van der Waals surface area contributed by atoms with Gasteiger partial charge >= 0.3 is 0 Å². The van der Waals surface area contributed by atoms with E-state index < -0.39 is 0 Å². The van der Waals surface area contributed by atoms with Gasteiger partial charge in [-0.3, -0.25) is 5.10 Å². The van der Waals surface area contributed by atoms with Gasteiger partial charge in [0.2, 0.25) is 0 Å². The summed E-state index contributed by atoms with van der Waals surface area (Å²) in [6, 6.07) is 14.2. The molecule has 3 aromatic rings. The molecular formula is C18H19N5. The molecule has 0 radical (unpaired) electrons. The second kappa shape index (κ2) is 6.20. The second-order valence-corrected chi connectivity index (χ2v) is 5.91. The van der Waals surface area contributed by atoms with Gasteiger partial charge in [0, 0.05) is 24.2 Å². The summed E-state index contributed by atoms with van der Waals surface area (Å²) in [7, 11) is 0. The molecule has 1 fully saturated rings. The maximum atomic E-state index is 4.33. The highest BCUT2D eigenvalue weighted by Crippen LogP contribution is 2.25. The van der Waals surface area contributed by atoms with Crippen LogP contribution in [0.3, 0.4) is 0 Å². The maximum absolute atomic E-state index is 4.33. The van der Waals surface area contributed by atoms with E-state index in [1.54, 1.807) is 6.20 Å². The summed E-state index contributed by atoms with van der Waals surface area (Å²) in [6.07, 6.45) is 5.72. The van der Waals surface area contributed by atoms with Gasteiger partial charge in [0.15, 0.2) is 0 Å². The molecule has 1 N–H and O–H groups in total. The molecule has 0 bridgehead atoms. The third-order valence-electron chi connectivity index (χ3n) is 4.28. The zero-order chi connectivity index (χ0) is 15.5. The SMILES string of the molecule is c1cc(N2CCCCC2)ccc1N=Nc1ccc2[nH]ncc2c1. The van der Waals surface area contributed by atoms with Crippen molar-refractivity contribution in [2.24, 2.45) is 10.2 Å². The molecular weight excluding hydrogens is 286 g/mol. The molecule has 0 aliphatic carbocycles. The zero-order valence-electron chi connectivity index (χ0n) is 12.9. The molecule has 2 aromatic carbocycles. The molecule has 23 heavy (non-hydrogen) atoms. The predicted molar refractivity (Wildman–Crippen MR) is 92.8 cm³/mol. The predicted octanol–water partition coefficient (Wildman–Crippen LogP) is 4.97. The van der Waals surface area contributed by atoms with Gasteiger partial charge in [0.1, 0.15) is 0 Å². The molecule has 0 spiro atoms. The van der Waals surface area contributed by atoms with E-state index in [9.17, 15) is 0 Å². The van der Waals surface area contributed by atoms with E-state index in [1.165, 1.54) is 24.9 Å². The van der Waals surface area contributed by atoms with Crippen molar-refractivity contribution in [3.05, 3.63) is 48.7 Å². The summed E-state index contributed by atoms with van der Waals surface area (Å²) in [6.45, 7) is 2.32. The summed E-state index contributed by atoms with van der Waals surface area (Å²) in [5.74, 6) is 0. The van der Waals surface area contributed by atoms with Crippen LogP contribution in [-0.2, 0) is 0 Å². The highest BCUT2D eigenvalue weighted by atomic mass is 15.1. The first-order valence-corrected chi connectivity index (χ1v) is 8.08. The number of rotatable bonds is 3. The van der Waals surface area contributed by atoms with Crippen LogP contribution in [0, 0.1) is 0 Å². The fourth-order valence-electron chi connectivity index (χ4n) is 2.99. The van der Waals surface area contributed by atoms with Crippen molar-refractivity contribution in [1.29, 1.82) is 0 Å². The Morgan fingerprint density at radius 3 is 2.43 bits per heavy atom. The molecule has 2 heterocycles. The Balaban J connectivity index is 1.49. The van der Waals surface area contributed by atoms with Gasteiger partial charge in [0.25, 0.3) is 0 Å². The Labute approximate surface area is 135 Å². The second-order valence-electron chi connectivity index (χ2n) is 5.91. The van der Waals surface area contributed by atoms with Crippen LogP contribution in [0.2, 0.25) is 0 Å². The minimum absolute atomic E-state index is 0.832. The molecule has 1 aliphatic rings. The Bertz CT molecular complexity index is 813. The van der Waals surface area contributed by atoms with E-state index in [2.05, 4.69) is 37.5 Å². The first-order valence-electron chi connectivity index (χ1n) is 8.08. The average molecular weight is 305 g/mol. The van der Waals surface area contributed by atoms with Crippen LogP contribution in [-0.4, -0.2) is 23.3 Å². The lowest BCUT2D eigenvalue weighted by Crippen LogP contribution is -2.29. The molecule has 0 unspecified atom stereocenters. The molecule has 0 amide bonds. The van der Waals surface area contributed by atoms with Crippen molar-refractivity contribution in [2.75, 3.05) is 18.0 Å². The van der Waals surface area contributed by atoms with Crippen molar-refractivity contribution >= 4 is 28.0 Å². The first-order chi connectivity index (χ1) is 11.4. The third-order valence-corrected chi connectivity index (χ3v) is 4.28. The molecule has 5 nitrogen and oxygen atoms in total. The van der Waals surface area contributed by atoms with Crippen molar-refractivity contribution < 1.29 is 0 Å². The molecule has 4 rings (SSSR count). The quantitative estimate of drug-likeness (QED) is 0.695. The average Bonchev–Trinajstić information content (AvgIpc) is 3.09. The molecule has 0 saturated carbocycles. The highest BCUT2D eigenvalue weighted by Gasteiger charge is 2.10. The molecule has 1 saturated heterocycles. The fraction of sp³-hybridized carbons (Fsp3) is 0.278. The monoisotopic (exact) mass is 305 g/mol. The molecule has 1 aromatic heterocycles. The number of nitrogens with one attached hydrogen (secondary N) is 1. The Kier molecular flexibility index (Phi) is 3.76. The van der Waals surface area contributed by atoms with E-state index in [0.29, 0.717) is 0 Å². The number of azo groups is 1. The van der Waals surface area contributed by atoms with Crippen LogP contribution in [0.1, 0.15) is 19.3 Å². The van der Waals surface area contributed by atoms with Crippen LogP contribution >= 0.6 is 0 Å². The smallest absolute Gasteiger partial charge is 0.0865 e. The van der Waals surface area contributed by atoms with Gasteiger partial charge in [-0.1, -0.05) is 0 Å². The van der Waals surface area contributed by atoms with Crippen LogP contribution < -0.4 is 4.90 Å². The first kappa shape index (κ1) is 13.9. The van der Waals surface area contributed by atoms with Crippen molar-refractivity contribution in [2.45, 2.75) is 19.3 Å². The van der Waals surface area contributed by atoms with E-state index in [4.69, 9.17) is 0 Å². The fourth-order valence-corrected chi connectivity index (χ4v) is 2.99. The summed E-state index contributed by atoms with van der Waals surface area (Å²) in [5, 5.41) is 16.6. The van der Waals surface area contributed by atoms with Gasteiger partial charge in [-0.25, -0.2) is 0 Å². The number of H-pyrrole nitrogens is 1. The molecule has 116 valence electrons. The van der Waals surface area contributed by atoms with E-state index >= 15 is 0 Å². The lowest BCUT2D eigenvalue weighted by molar-refractivity contribution is 0.578. The number of aromatic nitrogens is 2. The van der Waals surface area contributed by atoms with Gasteiger partial charge in [-0.15, -0.1) is 0 Å². The van der Waals surface area contributed by atoms with Gasteiger partial charge in [-0.05, 0) is 61.7 Å². The van der Waals surface area contributed by atoms with E-state index in [1.807, 2.05) is 30.3 Å². The zero-order valence-corrected chi connectivity index (χ0v) is 12.9. The Hall–Kier alpha value is -2.69. The van der Waals surface area contributed by atoms with E-state index in [0.717, 1.165) is 35.4 Å². The molecule has 0 atom stereocenters.